The fraction of sp³-hybridized carbons (Fsp3) is 0.120. The smallest absolute Gasteiger partial charge is 0.358 e. The van der Waals surface area contributed by atoms with Crippen LogP contribution in [0, 0.1) is 18.3 Å². The Morgan fingerprint density at radius 2 is 1.91 bits per heavy atom. The van der Waals surface area contributed by atoms with E-state index in [1.807, 2.05) is 24.5 Å². The van der Waals surface area contributed by atoms with Crippen LogP contribution in [0.25, 0.3) is 44.0 Å². The molecule has 7 nitrogen and oxygen atoms in total. The maximum Gasteiger partial charge on any atom is 0.488 e. The van der Waals surface area contributed by atoms with E-state index in [0.29, 0.717) is 45.1 Å². The Balaban J connectivity index is 1.82. The lowest BCUT2D eigenvalue weighted by atomic mass is 9.97. The summed E-state index contributed by atoms with van der Waals surface area (Å²) in [5.41, 5.74) is 4.58. The van der Waals surface area contributed by atoms with Gasteiger partial charge in [-0.1, -0.05) is 22.1 Å². The monoisotopic (exact) mass is 475 g/mol. The molecule has 0 aliphatic carbocycles. The van der Waals surface area contributed by atoms with Crippen LogP contribution in [0.2, 0.25) is 0 Å². The minimum absolute atomic E-state index is 0.124. The first kappa shape index (κ1) is 21.7. The van der Waals surface area contributed by atoms with Gasteiger partial charge in [-0.25, -0.2) is 0 Å². The van der Waals surface area contributed by atoms with E-state index in [1.165, 1.54) is 12.1 Å². The average molecular weight is 476 g/mol. The molecule has 0 bridgehead atoms. The zero-order chi connectivity index (χ0) is 24.2. The zero-order valence-corrected chi connectivity index (χ0v) is 19.0. The molecule has 0 unspecified atom stereocenters. The summed E-state index contributed by atoms with van der Waals surface area (Å²) < 4.78 is 41.2. The fourth-order valence-corrected chi connectivity index (χ4v) is 4.85. The van der Waals surface area contributed by atoms with Crippen molar-refractivity contribution < 1.29 is 16.5 Å². The molecule has 0 radical (unpaired) electrons. The van der Waals surface area contributed by atoms with Crippen molar-refractivity contribution in [3.8, 4) is 22.9 Å². The molecule has 0 aliphatic rings. The van der Waals surface area contributed by atoms with Crippen molar-refractivity contribution in [3.05, 3.63) is 75.9 Å². The predicted molar refractivity (Wildman–Crippen MR) is 129 cm³/mol. The minimum atomic E-state index is -5.15. The molecule has 5 aromatic rings. The van der Waals surface area contributed by atoms with Crippen LogP contribution in [-0.2, 0) is 17.0 Å². The number of benzene rings is 3. The number of H-pyrrole nitrogens is 1. The van der Waals surface area contributed by atoms with Crippen molar-refractivity contribution >= 4 is 43.3 Å². The van der Waals surface area contributed by atoms with Crippen molar-refractivity contribution in [2.75, 3.05) is 0 Å². The Morgan fingerprint density at radius 1 is 1.12 bits per heavy atom. The van der Waals surface area contributed by atoms with Crippen molar-refractivity contribution in [2.45, 2.75) is 20.4 Å². The molecule has 0 atom stereocenters. The van der Waals surface area contributed by atoms with Gasteiger partial charge in [0.2, 0.25) is 0 Å². The molecule has 9 heteroatoms. The van der Waals surface area contributed by atoms with Gasteiger partial charge >= 0.3 is 10.5 Å². The summed E-state index contributed by atoms with van der Waals surface area (Å²) in [6.07, 6.45) is 0. The first-order valence-corrected chi connectivity index (χ1v) is 11.8. The Kier molecular flexibility index (Phi) is 4.92. The SMILES string of the molecule is CCn1c2cc(-c3cccc(OS(=O)(=O)F)c3)c(C)cc2c(=O)c2c3ccc(C#N)cc3[nH]c21. The highest BCUT2D eigenvalue weighted by Gasteiger charge is 2.18. The molecule has 34 heavy (non-hydrogen) atoms. The van der Waals surface area contributed by atoms with Crippen molar-refractivity contribution in [3.63, 3.8) is 0 Å². The highest BCUT2D eigenvalue weighted by Crippen LogP contribution is 2.33. The van der Waals surface area contributed by atoms with Gasteiger partial charge < -0.3 is 13.7 Å². The second kappa shape index (κ2) is 7.71. The van der Waals surface area contributed by atoms with E-state index in [1.54, 1.807) is 36.4 Å². The summed E-state index contributed by atoms with van der Waals surface area (Å²) in [5.74, 6) is -0.147. The first-order valence-electron chi connectivity index (χ1n) is 10.5. The van der Waals surface area contributed by atoms with E-state index < -0.39 is 10.5 Å². The van der Waals surface area contributed by atoms with E-state index in [-0.39, 0.29) is 11.2 Å². The Morgan fingerprint density at radius 3 is 2.62 bits per heavy atom. The van der Waals surface area contributed by atoms with Crippen molar-refractivity contribution in [1.29, 1.82) is 5.26 Å². The number of aromatic nitrogens is 2. The van der Waals surface area contributed by atoms with Gasteiger partial charge in [0.25, 0.3) is 0 Å². The maximum atomic E-state index is 13.6. The molecule has 2 heterocycles. The third-order valence-electron chi connectivity index (χ3n) is 5.94. The topological polar surface area (TPSA) is 105 Å². The van der Waals surface area contributed by atoms with E-state index >= 15 is 0 Å². The number of halogens is 1. The highest BCUT2D eigenvalue weighted by molar-refractivity contribution is 7.81. The number of aromatic amines is 1. The van der Waals surface area contributed by atoms with E-state index in [2.05, 4.69) is 15.2 Å². The van der Waals surface area contributed by atoms with Gasteiger partial charge in [-0.2, -0.15) is 13.7 Å². The second-order valence-corrected chi connectivity index (χ2v) is 8.94. The van der Waals surface area contributed by atoms with Gasteiger partial charge in [0, 0.05) is 22.8 Å². The first-order chi connectivity index (χ1) is 16.2. The second-order valence-electron chi connectivity index (χ2n) is 7.98. The van der Waals surface area contributed by atoms with Crippen LogP contribution < -0.4 is 9.61 Å². The molecule has 3 aromatic carbocycles. The predicted octanol–water partition coefficient (Wildman–Crippen LogP) is 5.10. The molecular formula is C25H18FN3O4S. The molecule has 0 aliphatic heterocycles. The third kappa shape index (κ3) is 3.49. The highest BCUT2D eigenvalue weighted by atomic mass is 32.3. The summed E-state index contributed by atoms with van der Waals surface area (Å²) >= 11 is 0. The molecular weight excluding hydrogens is 457 g/mol. The van der Waals surface area contributed by atoms with E-state index in [0.717, 1.165) is 16.5 Å². The quantitative estimate of drug-likeness (QED) is 0.364. The number of nitriles is 1. The summed E-state index contributed by atoms with van der Waals surface area (Å²) in [6.45, 7) is 4.38. The standard InChI is InChI=1S/C25H18FN3O4S/c1-3-29-22-12-19(16-5-4-6-17(11-16)33-34(26,31)32)14(2)9-20(22)24(30)23-18-8-7-15(13-27)10-21(18)28-25(23)29/h4-12,28H,3H2,1-2H3. The summed E-state index contributed by atoms with van der Waals surface area (Å²) in [6, 6.07) is 17.1. The van der Waals surface area contributed by atoms with E-state index in [9.17, 15) is 22.4 Å². The van der Waals surface area contributed by atoms with Crippen LogP contribution in [-0.4, -0.2) is 18.0 Å². The average Bonchev–Trinajstić information content (AvgIpc) is 3.17. The minimum Gasteiger partial charge on any atom is -0.358 e. The van der Waals surface area contributed by atoms with Gasteiger partial charge in [-0.05, 0) is 66.9 Å². The Labute approximate surface area is 194 Å². The number of fused-ring (bicyclic) bond motifs is 4. The van der Waals surface area contributed by atoms with Gasteiger partial charge in [-0.15, -0.1) is 0 Å². The number of nitrogens with zero attached hydrogens (tertiary/aromatic N) is 2. The Hall–Kier alpha value is -4.16. The molecule has 0 saturated heterocycles. The van der Waals surface area contributed by atoms with Crippen LogP contribution in [0.15, 0.2) is 59.4 Å². The molecule has 0 amide bonds. The number of rotatable bonds is 4. The van der Waals surface area contributed by atoms with Crippen LogP contribution >= 0.6 is 0 Å². The van der Waals surface area contributed by atoms with Gasteiger partial charge in [0.15, 0.2) is 5.43 Å². The largest absolute Gasteiger partial charge is 0.488 e. The normalized spacial score (nSPS) is 11.8. The summed E-state index contributed by atoms with van der Waals surface area (Å²) in [7, 11) is -5.15. The van der Waals surface area contributed by atoms with E-state index in [4.69, 9.17) is 0 Å². The molecule has 170 valence electrons. The van der Waals surface area contributed by atoms with Crippen LogP contribution in [0.3, 0.4) is 0 Å². The van der Waals surface area contributed by atoms with Crippen LogP contribution in [0.5, 0.6) is 5.75 Å². The number of nitrogens with one attached hydrogen (secondary N) is 1. The number of hydrogen-bond donors (Lipinski definition) is 1. The Bertz CT molecular complexity index is 1850. The molecule has 0 fully saturated rings. The van der Waals surface area contributed by atoms with Gasteiger partial charge in [0.1, 0.15) is 11.4 Å². The van der Waals surface area contributed by atoms with Gasteiger partial charge in [0.05, 0.1) is 22.5 Å². The molecule has 1 N–H and O–H groups in total. The number of pyridine rings is 1. The zero-order valence-electron chi connectivity index (χ0n) is 18.2. The number of aryl methyl sites for hydroxylation is 2. The lowest BCUT2D eigenvalue weighted by Crippen LogP contribution is -2.11. The van der Waals surface area contributed by atoms with Gasteiger partial charge in [-0.3, -0.25) is 4.79 Å². The molecule has 0 saturated carbocycles. The maximum absolute atomic E-state index is 13.6. The van der Waals surface area contributed by atoms with Crippen LogP contribution in [0.4, 0.5) is 3.89 Å². The lowest BCUT2D eigenvalue weighted by Gasteiger charge is -2.15. The fourth-order valence-electron chi connectivity index (χ4n) is 4.51. The lowest BCUT2D eigenvalue weighted by molar-refractivity contribution is 0.440. The summed E-state index contributed by atoms with van der Waals surface area (Å²) in [5, 5.41) is 11.1. The van der Waals surface area contributed by atoms with Crippen molar-refractivity contribution in [1.82, 2.24) is 9.55 Å². The third-order valence-corrected chi connectivity index (χ3v) is 6.33. The van der Waals surface area contributed by atoms with Crippen molar-refractivity contribution in [2.24, 2.45) is 0 Å². The molecule has 0 spiro atoms. The number of hydrogen-bond acceptors (Lipinski definition) is 5. The molecule has 5 rings (SSSR count). The molecule has 2 aromatic heterocycles. The summed E-state index contributed by atoms with van der Waals surface area (Å²) in [4.78, 5) is 16.9. The van der Waals surface area contributed by atoms with Crippen LogP contribution in [0.1, 0.15) is 18.1 Å².